The molecule has 0 aromatic heterocycles. The zero-order chi connectivity index (χ0) is 18.2. The Labute approximate surface area is 162 Å². The van der Waals surface area contributed by atoms with E-state index in [0.29, 0.717) is 6.04 Å². The molecule has 0 radical (unpaired) electrons. The molecule has 3 nitrogen and oxygen atoms in total. The van der Waals surface area contributed by atoms with Gasteiger partial charge >= 0.3 is 0 Å². The second kappa shape index (κ2) is 9.81. The smallest absolute Gasteiger partial charge is 0.133 e. The lowest BCUT2D eigenvalue weighted by Crippen LogP contribution is -3.15. The number of thiocarbonyl (C=S) groups is 1. The lowest BCUT2D eigenvalue weighted by molar-refractivity contribution is -0.940. The Hall–Kier alpha value is -1.75. The normalized spacial score (nSPS) is 17.4. The SMILES string of the molecule is C[C@@H](NC(=S)CCc1ccccc1)[C@@H](c1ccccc1)[NH+]1CCOCC1. The van der Waals surface area contributed by atoms with Crippen molar-refractivity contribution in [3.8, 4) is 0 Å². The molecule has 1 fully saturated rings. The maximum absolute atomic E-state index is 5.65. The molecule has 26 heavy (non-hydrogen) atoms. The van der Waals surface area contributed by atoms with Crippen molar-refractivity contribution in [3.05, 3.63) is 71.8 Å². The zero-order valence-electron chi connectivity index (χ0n) is 15.5. The molecule has 1 aliphatic heterocycles. The topological polar surface area (TPSA) is 25.7 Å². The van der Waals surface area contributed by atoms with Gasteiger partial charge < -0.3 is 15.0 Å². The average Bonchev–Trinajstić information content (AvgIpc) is 2.69. The molecule has 0 saturated carbocycles. The fourth-order valence-electron chi connectivity index (χ4n) is 3.79. The van der Waals surface area contributed by atoms with Crippen LogP contribution < -0.4 is 10.2 Å². The molecule has 2 atom stereocenters. The molecule has 1 heterocycles. The summed E-state index contributed by atoms with van der Waals surface area (Å²) in [7, 11) is 0. The highest BCUT2D eigenvalue weighted by Gasteiger charge is 2.31. The summed E-state index contributed by atoms with van der Waals surface area (Å²) in [4.78, 5) is 2.53. The lowest BCUT2D eigenvalue weighted by atomic mass is 9.98. The first-order valence-electron chi connectivity index (χ1n) is 9.54. The van der Waals surface area contributed by atoms with Gasteiger partial charge in [-0.1, -0.05) is 72.9 Å². The molecule has 138 valence electrons. The second-order valence-electron chi connectivity index (χ2n) is 7.00. The molecule has 1 saturated heterocycles. The van der Waals surface area contributed by atoms with Crippen LogP contribution in [0.4, 0.5) is 0 Å². The summed E-state index contributed by atoms with van der Waals surface area (Å²) in [5.41, 5.74) is 2.71. The van der Waals surface area contributed by atoms with Crippen LogP contribution in [0.3, 0.4) is 0 Å². The molecular formula is C22H29N2OS+. The number of aryl methyl sites for hydroxylation is 1. The van der Waals surface area contributed by atoms with Crippen LogP contribution in [0.5, 0.6) is 0 Å². The number of quaternary nitrogens is 1. The first-order chi connectivity index (χ1) is 12.7. The Bertz CT molecular complexity index is 671. The third-order valence-electron chi connectivity index (χ3n) is 5.11. The van der Waals surface area contributed by atoms with Crippen LogP contribution in [0.25, 0.3) is 0 Å². The molecule has 0 spiro atoms. The Morgan fingerprint density at radius 1 is 1.04 bits per heavy atom. The van der Waals surface area contributed by atoms with E-state index in [2.05, 4.69) is 72.9 Å². The molecule has 2 aromatic rings. The van der Waals surface area contributed by atoms with Gasteiger partial charge in [0.05, 0.1) is 24.2 Å². The van der Waals surface area contributed by atoms with Crippen LogP contribution in [0.2, 0.25) is 0 Å². The van der Waals surface area contributed by atoms with E-state index in [1.807, 2.05) is 0 Å². The van der Waals surface area contributed by atoms with Gasteiger partial charge in [-0.15, -0.1) is 0 Å². The van der Waals surface area contributed by atoms with E-state index >= 15 is 0 Å². The van der Waals surface area contributed by atoms with Crippen molar-refractivity contribution in [3.63, 3.8) is 0 Å². The standard InChI is InChI=1S/C22H28N2OS/c1-18(23-21(26)13-12-19-8-4-2-5-9-19)22(20-10-6-3-7-11-20)24-14-16-25-17-15-24/h2-11,18,22H,12-17H2,1H3,(H,23,26)/p+1/t18-,22+/m1/s1. The Balaban J connectivity index is 1.63. The van der Waals surface area contributed by atoms with Crippen molar-refractivity contribution in [2.75, 3.05) is 26.3 Å². The van der Waals surface area contributed by atoms with Gasteiger partial charge in [-0.25, -0.2) is 0 Å². The molecule has 1 aliphatic rings. The first-order valence-corrected chi connectivity index (χ1v) is 9.95. The lowest BCUT2D eigenvalue weighted by Gasteiger charge is -2.36. The Morgan fingerprint density at radius 3 is 2.31 bits per heavy atom. The van der Waals surface area contributed by atoms with Gasteiger partial charge in [0.25, 0.3) is 0 Å². The Kier molecular flexibility index (Phi) is 7.18. The highest BCUT2D eigenvalue weighted by Crippen LogP contribution is 2.15. The van der Waals surface area contributed by atoms with Crippen LogP contribution in [-0.2, 0) is 11.2 Å². The summed E-state index contributed by atoms with van der Waals surface area (Å²) in [6, 6.07) is 22.0. The van der Waals surface area contributed by atoms with Gasteiger partial charge in [0.1, 0.15) is 19.1 Å². The van der Waals surface area contributed by atoms with E-state index in [-0.39, 0.29) is 6.04 Å². The number of morpholine rings is 1. The minimum atomic E-state index is 0.286. The van der Waals surface area contributed by atoms with E-state index in [1.54, 1.807) is 4.90 Å². The summed E-state index contributed by atoms with van der Waals surface area (Å²) >= 11 is 5.65. The van der Waals surface area contributed by atoms with Crippen molar-refractivity contribution in [2.45, 2.75) is 31.8 Å². The van der Waals surface area contributed by atoms with Crippen LogP contribution in [0.15, 0.2) is 60.7 Å². The molecule has 0 amide bonds. The van der Waals surface area contributed by atoms with Crippen LogP contribution in [0, 0.1) is 0 Å². The fourth-order valence-corrected chi connectivity index (χ4v) is 4.08. The number of ether oxygens (including phenoxy) is 1. The highest BCUT2D eigenvalue weighted by molar-refractivity contribution is 7.80. The predicted molar refractivity (Wildman–Crippen MR) is 111 cm³/mol. The minimum absolute atomic E-state index is 0.286. The molecular weight excluding hydrogens is 340 g/mol. The van der Waals surface area contributed by atoms with Gasteiger partial charge in [0.2, 0.25) is 0 Å². The number of nitrogens with one attached hydrogen (secondary N) is 2. The van der Waals surface area contributed by atoms with Crippen molar-refractivity contribution in [1.82, 2.24) is 5.32 Å². The summed E-state index contributed by atoms with van der Waals surface area (Å²) in [5, 5.41) is 3.62. The molecule has 0 aliphatic carbocycles. The first kappa shape index (κ1) is 19.0. The van der Waals surface area contributed by atoms with Crippen molar-refractivity contribution >= 4 is 17.2 Å². The molecule has 2 aromatic carbocycles. The van der Waals surface area contributed by atoms with Crippen LogP contribution >= 0.6 is 12.2 Å². The van der Waals surface area contributed by atoms with Crippen molar-refractivity contribution in [2.24, 2.45) is 0 Å². The van der Waals surface area contributed by atoms with Crippen LogP contribution in [-0.4, -0.2) is 37.3 Å². The van der Waals surface area contributed by atoms with Crippen molar-refractivity contribution in [1.29, 1.82) is 0 Å². The highest BCUT2D eigenvalue weighted by atomic mass is 32.1. The van der Waals surface area contributed by atoms with E-state index in [9.17, 15) is 0 Å². The molecule has 3 rings (SSSR count). The van der Waals surface area contributed by atoms with Crippen LogP contribution in [0.1, 0.15) is 30.5 Å². The predicted octanol–water partition coefficient (Wildman–Crippen LogP) is 2.58. The number of hydrogen-bond donors (Lipinski definition) is 2. The van der Waals surface area contributed by atoms with Gasteiger partial charge in [0.15, 0.2) is 0 Å². The number of hydrogen-bond acceptors (Lipinski definition) is 2. The Morgan fingerprint density at radius 2 is 1.65 bits per heavy atom. The molecule has 4 heteroatoms. The average molecular weight is 370 g/mol. The van der Waals surface area contributed by atoms with E-state index in [0.717, 1.165) is 44.1 Å². The summed E-state index contributed by atoms with van der Waals surface area (Å²) < 4.78 is 5.57. The maximum Gasteiger partial charge on any atom is 0.133 e. The summed E-state index contributed by atoms with van der Waals surface area (Å²) in [6.07, 6.45) is 1.88. The number of rotatable bonds is 7. The monoisotopic (exact) mass is 369 g/mol. The molecule has 0 unspecified atom stereocenters. The van der Waals surface area contributed by atoms with Gasteiger partial charge in [-0.2, -0.15) is 0 Å². The van der Waals surface area contributed by atoms with Gasteiger partial charge in [-0.3, -0.25) is 0 Å². The fraction of sp³-hybridized carbons (Fsp3) is 0.409. The van der Waals surface area contributed by atoms with E-state index < -0.39 is 0 Å². The third kappa shape index (κ3) is 5.37. The number of benzene rings is 2. The minimum Gasteiger partial charge on any atom is -0.371 e. The van der Waals surface area contributed by atoms with Crippen molar-refractivity contribution < 1.29 is 9.64 Å². The second-order valence-corrected chi connectivity index (χ2v) is 7.49. The molecule has 0 bridgehead atoms. The van der Waals surface area contributed by atoms with Gasteiger partial charge in [0, 0.05) is 12.0 Å². The zero-order valence-corrected chi connectivity index (χ0v) is 16.3. The summed E-state index contributed by atoms with van der Waals surface area (Å²) in [5.74, 6) is 0. The van der Waals surface area contributed by atoms with E-state index in [1.165, 1.54) is 11.1 Å². The third-order valence-corrected chi connectivity index (χ3v) is 5.43. The van der Waals surface area contributed by atoms with E-state index in [4.69, 9.17) is 17.0 Å². The summed E-state index contributed by atoms with van der Waals surface area (Å²) in [6.45, 7) is 6.02. The van der Waals surface area contributed by atoms with Gasteiger partial charge in [-0.05, 0) is 18.9 Å². The quantitative estimate of drug-likeness (QED) is 0.734. The largest absolute Gasteiger partial charge is 0.371 e. The maximum atomic E-state index is 5.65. The molecule has 2 N–H and O–H groups in total.